The van der Waals surface area contributed by atoms with Crippen molar-refractivity contribution in [2.75, 3.05) is 0 Å². The first kappa shape index (κ1) is 31.4. The van der Waals surface area contributed by atoms with E-state index >= 15 is 0 Å². The molecule has 57 heavy (non-hydrogen) atoms. The van der Waals surface area contributed by atoms with Crippen molar-refractivity contribution in [3.8, 4) is 33.4 Å². The van der Waals surface area contributed by atoms with Crippen molar-refractivity contribution in [2.24, 2.45) is 0 Å². The Morgan fingerprint density at radius 3 is 1.61 bits per heavy atom. The summed E-state index contributed by atoms with van der Waals surface area (Å²) in [5.74, 6) is 0. The highest BCUT2D eigenvalue weighted by Gasteiger charge is 2.21. The zero-order chi connectivity index (χ0) is 37.2. The first-order chi connectivity index (χ1) is 28.3. The lowest BCUT2D eigenvalue weighted by atomic mass is 9.85. The summed E-state index contributed by atoms with van der Waals surface area (Å²) in [5, 5.41) is 15.3. The minimum atomic E-state index is 0.937. The van der Waals surface area contributed by atoms with Crippen LogP contribution in [-0.4, -0.2) is 0 Å². The second kappa shape index (κ2) is 11.9. The molecule has 0 spiro atoms. The van der Waals surface area contributed by atoms with Crippen molar-refractivity contribution in [1.82, 2.24) is 0 Å². The topological polar surface area (TPSA) is 13.1 Å². The lowest BCUT2D eigenvalue weighted by Crippen LogP contribution is -1.91. The average Bonchev–Trinajstić information content (AvgIpc) is 3.97. The molecule has 264 valence electrons. The van der Waals surface area contributed by atoms with Crippen LogP contribution in [0.5, 0.6) is 0 Å². The molecule has 0 aliphatic heterocycles. The molecule has 3 aromatic heterocycles. The molecular formula is C54H30OS2. The maximum absolute atomic E-state index is 6.30. The van der Waals surface area contributed by atoms with E-state index in [1.54, 1.807) is 0 Å². The molecule has 0 aliphatic carbocycles. The second-order valence-electron chi connectivity index (χ2n) is 15.1. The molecule has 0 amide bonds. The molecule has 0 fully saturated rings. The van der Waals surface area contributed by atoms with E-state index in [0.29, 0.717) is 0 Å². The SMILES string of the molecule is c1ccc2c(c1)oc1ccc3c4cc(-c5ccc(-c6c7ccccc7c(-c7cccc8c7sc7ccccc78)c7ccccc67)cc5)c5ccccc5c4sc3c12. The van der Waals surface area contributed by atoms with Crippen LogP contribution in [0.4, 0.5) is 0 Å². The molecule has 3 heteroatoms. The fourth-order valence-corrected chi connectivity index (χ4v) is 12.2. The van der Waals surface area contributed by atoms with Gasteiger partial charge >= 0.3 is 0 Å². The van der Waals surface area contributed by atoms with Crippen LogP contribution in [0.15, 0.2) is 186 Å². The molecule has 13 rings (SSSR count). The van der Waals surface area contributed by atoms with E-state index in [1.165, 1.54) is 117 Å². The Morgan fingerprint density at radius 1 is 0.298 bits per heavy atom. The van der Waals surface area contributed by atoms with E-state index in [0.717, 1.165) is 11.2 Å². The minimum Gasteiger partial charge on any atom is -0.456 e. The highest BCUT2D eigenvalue weighted by molar-refractivity contribution is 7.27. The Morgan fingerprint density at radius 2 is 0.860 bits per heavy atom. The molecule has 0 N–H and O–H groups in total. The van der Waals surface area contributed by atoms with Crippen molar-refractivity contribution >= 4 is 117 Å². The lowest BCUT2D eigenvalue weighted by Gasteiger charge is -2.18. The monoisotopic (exact) mass is 758 g/mol. The minimum absolute atomic E-state index is 0.937. The predicted molar refractivity (Wildman–Crippen MR) is 248 cm³/mol. The standard InChI is InChI=1S/C54H30OS2/c1-6-18-39-33(12-1)44(30-45-41-28-29-47-51(54(41)57-53(39)45)42-19-7-9-22-46(42)55-47)31-24-26-32(27-25-31)49-35-14-2-4-16-37(35)50(38-17-5-3-15-36(38)49)43-21-11-20-40-34-13-8-10-23-48(34)56-52(40)43/h1-30H. The van der Waals surface area contributed by atoms with Crippen molar-refractivity contribution in [3.05, 3.63) is 182 Å². The van der Waals surface area contributed by atoms with Crippen LogP contribution in [-0.2, 0) is 0 Å². The summed E-state index contributed by atoms with van der Waals surface area (Å²) in [6.07, 6.45) is 0. The Hall–Kier alpha value is -6.78. The molecule has 10 aromatic carbocycles. The molecule has 0 radical (unpaired) electrons. The van der Waals surface area contributed by atoms with Crippen LogP contribution in [0.2, 0.25) is 0 Å². The van der Waals surface area contributed by atoms with Gasteiger partial charge in [0.2, 0.25) is 0 Å². The van der Waals surface area contributed by atoms with Crippen molar-refractivity contribution < 1.29 is 4.42 Å². The summed E-state index contributed by atoms with van der Waals surface area (Å²) in [6, 6.07) is 67.1. The molecule has 0 saturated heterocycles. The van der Waals surface area contributed by atoms with Crippen LogP contribution in [0.1, 0.15) is 0 Å². The maximum Gasteiger partial charge on any atom is 0.136 e. The Labute approximate surface area is 335 Å². The third kappa shape index (κ3) is 4.44. The van der Waals surface area contributed by atoms with Crippen LogP contribution in [0, 0.1) is 0 Å². The van der Waals surface area contributed by atoms with Gasteiger partial charge in [0.25, 0.3) is 0 Å². The van der Waals surface area contributed by atoms with Gasteiger partial charge in [-0.1, -0.05) is 152 Å². The van der Waals surface area contributed by atoms with Gasteiger partial charge in [0.05, 0.1) is 0 Å². The average molecular weight is 759 g/mol. The third-order valence-electron chi connectivity index (χ3n) is 12.1. The molecule has 0 bridgehead atoms. The second-order valence-corrected chi connectivity index (χ2v) is 17.1. The number of para-hydroxylation sites is 1. The van der Waals surface area contributed by atoms with Gasteiger partial charge in [-0.05, 0) is 85.1 Å². The maximum atomic E-state index is 6.30. The molecule has 0 unspecified atom stereocenters. The summed E-state index contributed by atoms with van der Waals surface area (Å²) >= 11 is 3.79. The molecule has 1 nitrogen and oxygen atoms in total. The number of thiophene rings is 2. The Bertz CT molecular complexity index is 3750. The van der Waals surface area contributed by atoms with Crippen LogP contribution in [0.25, 0.3) is 128 Å². The largest absolute Gasteiger partial charge is 0.456 e. The van der Waals surface area contributed by atoms with Gasteiger partial charge in [0.15, 0.2) is 0 Å². The van der Waals surface area contributed by atoms with Crippen molar-refractivity contribution in [3.63, 3.8) is 0 Å². The number of benzene rings is 10. The third-order valence-corrected chi connectivity index (χ3v) is 14.6. The van der Waals surface area contributed by atoms with Gasteiger partial charge in [-0.15, -0.1) is 22.7 Å². The normalized spacial score (nSPS) is 12.2. The number of rotatable bonds is 3. The number of hydrogen-bond acceptors (Lipinski definition) is 3. The fraction of sp³-hybridized carbons (Fsp3) is 0. The Balaban J connectivity index is 1.02. The molecular weight excluding hydrogens is 729 g/mol. The zero-order valence-corrected chi connectivity index (χ0v) is 32.2. The molecule has 0 aliphatic rings. The highest BCUT2D eigenvalue weighted by atomic mass is 32.1. The highest BCUT2D eigenvalue weighted by Crippen LogP contribution is 2.49. The van der Waals surface area contributed by atoms with E-state index < -0.39 is 0 Å². The lowest BCUT2D eigenvalue weighted by molar-refractivity contribution is 0.669. The molecule has 13 aromatic rings. The molecule has 0 atom stereocenters. The summed E-state index contributed by atoms with van der Waals surface area (Å²) in [6.45, 7) is 0. The number of furan rings is 1. The molecule has 3 heterocycles. The van der Waals surface area contributed by atoms with Crippen LogP contribution >= 0.6 is 22.7 Å². The van der Waals surface area contributed by atoms with E-state index in [9.17, 15) is 0 Å². The zero-order valence-electron chi connectivity index (χ0n) is 30.5. The summed E-state index contributed by atoms with van der Waals surface area (Å²) < 4.78 is 11.6. The summed E-state index contributed by atoms with van der Waals surface area (Å²) in [4.78, 5) is 0. The van der Waals surface area contributed by atoms with Crippen LogP contribution in [0.3, 0.4) is 0 Å². The van der Waals surface area contributed by atoms with Gasteiger partial charge in [0.1, 0.15) is 11.2 Å². The first-order valence-corrected chi connectivity index (χ1v) is 21.0. The van der Waals surface area contributed by atoms with Crippen molar-refractivity contribution in [1.29, 1.82) is 0 Å². The van der Waals surface area contributed by atoms with Gasteiger partial charge in [-0.3, -0.25) is 0 Å². The van der Waals surface area contributed by atoms with E-state index in [1.807, 2.05) is 28.7 Å². The van der Waals surface area contributed by atoms with Crippen LogP contribution < -0.4 is 0 Å². The predicted octanol–water partition coefficient (Wildman–Crippen LogP) is 16.8. The molecule has 0 saturated carbocycles. The summed E-state index contributed by atoms with van der Waals surface area (Å²) in [7, 11) is 0. The smallest absolute Gasteiger partial charge is 0.136 e. The van der Waals surface area contributed by atoms with Crippen molar-refractivity contribution in [2.45, 2.75) is 0 Å². The fourth-order valence-electron chi connectivity index (χ4n) is 9.59. The van der Waals surface area contributed by atoms with E-state index in [-0.39, 0.29) is 0 Å². The Kier molecular flexibility index (Phi) is 6.54. The quantitative estimate of drug-likeness (QED) is 0.164. The van der Waals surface area contributed by atoms with E-state index in [4.69, 9.17) is 4.42 Å². The van der Waals surface area contributed by atoms with E-state index in [2.05, 4.69) is 176 Å². The number of fused-ring (bicyclic) bond motifs is 14. The van der Waals surface area contributed by atoms with Gasteiger partial charge < -0.3 is 4.42 Å². The van der Waals surface area contributed by atoms with Gasteiger partial charge in [-0.25, -0.2) is 0 Å². The summed E-state index contributed by atoms with van der Waals surface area (Å²) in [5.41, 5.74) is 9.46. The first-order valence-electron chi connectivity index (χ1n) is 19.4. The number of hydrogen-bond donors (Lipinski definition) is 0. The van der Waals surface area contributed by atoms with Gasteiger partial charge in [0, 0.05) is 62.1 Å². The van der Waals surface area contributed by atoms with Gasteiger partial charge in [-0.2, -0.15) is 0 Å².